The van der Waals surface area contributed by atoms with Gasteiger partial charge in [-0.2, -0.15) is 0 Å². The second-order valence-corrected chi connectivity index (χ2v) is 20.1. The first-order valence-corrected chi connectivity index (χ1v) is 26.4. The molecule has 6 heterocycles. The number of esters is 3. The number of benzene rings is 4. The summed E-state index contributed by atoms with van der Waals surface area (Å²) in [6.07, 6.45) is 1.43. The Bertz CT molecular complexity index is 3620. The largest absolute Gasteiger partial charge is 0.486 e. The van der Waals surface area contributed by atoms with Crippen LogP contribution >= 0.6 is 0 Å². The van der Waals surface area contributed by atoms with Crippen molar-refractivity contribution in [2.24, 2.45) is 0 Å². The molecule has 21 heteroatoms. The number of methoxy groups -OCH3 is 3. The number of carbonyl (C=O) groups is 5. The lowest BCUT2D eigenvalue weighted by atomic mass is 10.0. The summed E-state index contributed by atoms with van der Waals surface area (Å²) in [5.74, 6) is -0.206. The van der Waals surface area contributed by atoms with Crippen LogP contribution in [0.5, 0.6) is 11.5 Å². The van der Waals surface area contributed by atoms with E-state index in [1.807, 2.05) is 80.3 Å². The van der Waals surface area contributed by atoms with Crippen molar-refractivity contribution in [2.45, 2.75) is 77.7 Å². The third-order valence-corrected chi connectivity index (χ3v) is 13.8. The van der Waals surface area contributed by atoms with Crippen LogP contribution < -0.4 is 26.2 Å². The zero-order valence-corrected chi connectivity index (χ0v) is 46.1. The van der Waals surface area contributed by atoms with Gasteiger partial charge in [-0.3, -0.25) is 14.4 Å². The Balaban J connectivity index is 0.000000182. The maximum absolute atomic E-state index is 13.4. The predicted molar refractivity (Wildman–Crippen MR) is 299 cm³/mol. The highest BCUT2D eigenvalue weighted by Gasteiger charge is 2.32. The number of pyridine rings is 3. The summed E-state index contributed by atoms with van der Waals surface area (Å²) < 4.78 is 46.8. The molecule has 81 heavy (non-hydrogen) atoms. The first-order chi connectivity index (χ1) is 39.0. The van der Waals surface area contributed by atoms with Gasteiger partial charge in [0.25, 0.3) is 16.7 Å². The molecule has 0 bridgehead atoms. The van der Waals surface area contributed by atoms with E-state index in [-0.39, 0.29) is 46.5 Å². The zero-order valence-electron chi connectivity index (χ0n) is 46.1. The van der Waals surface area contributed by atoms with Crippen LogP contribution in [0.25, 0.3) is 32.7 Å². The van der Waals surface area contributed by atoms with Crippen molar-refractivity contribution in [1.82, 2.24) is 23.5 Å². The fourth-order valence-electron chi connectivity index (χ4n) is 9.93. The fraction of sp³-hybridized carbons (Fsp3) is 0.367. The minimum absolute atomic E-state index is 0.00666. The Morgan fingerprint density at radius 1 is 0.593 bits per heavy atom. The number of ether oxygens (including phenoxy) is 8. The third kappa shape index (κ3) is 14.0. The average molecular weight is 1110 g/mol. The molecule has 0 saturated carbocycles. The number of fused-ring (bicyclic) bond motifs is 4. The van der Waals surface area contributed by atoms with Gasteiger partial charge in [-0.25, -0.2) is 19.2 Å². The molecule has 0 spiro atoms. The molecule has 0 N–H and O–H groups in total. The van der Waals surface area contributed by atoms with Crippen LogP contribution in [0.2, 0.25) is 0 Å². The molecule has 10 rings (SSSR count). The van der Waals surface area contributed by atoms with Crippen molar-refractivity contribution in [3.8, 4) is 11.5 Å². The quantitative estimate of drug-likeness (QED) is 0.0672. The van der Waals surface area contributed by atoms with Gasteiger partial charge in [-0.05, 0) is 69.5 Å². The molecule has 2 fully saturated rings. The van der Waals surface area contributed by atoms with Gasteiger partial charge in [-0.1, -0.05) is 60.7 Å². The smallest absolute Gasteiger partial charge is 0.410 e. The average Bonchev–Trinajstić information content (AvgIpc) is 4.11. The maximum Gasteiger partial charge on any atom is 0.410 e. The Morgan fingerprint density at radius 2 is 1.06 bits per heavy atom. The van der Waals surface area contributed by atoms with E-state index in [1.165, 1.54) is 44.1 Å². The standard InChI is InChI=1S/C32H39N3O7.C15H15NO5.C13H11NO4/c1-32(2,3)42-31(38)35(21-22-9-10-27-28(19-22)41-18-17-40-27)23-11-13-33(14-12-23)15-16-34-26-8-6-5-7-24(26)25(20-29(34)36)30(37)39-4;1-19-15(18)11-8-13(17)16(9-14-20-6-7-21-14)12-5-3-2-4-10(11)12;1-18-13(17)10-8-12(16)14(6-7-15)11-5-3-2-4-9(10)11/h5-10,19-20,23H,11-18,21H2,1-4H3;2-5,8,14H,6-7,9H2,1H3;2-5,7-8H,6H2,1H3. The first-order valence-electron chi connectivity index (χ1n) is 26.4. The summed E-state index contributed by atoms with van der Waals surface area (Å²) in [4.78, 5) is 101. The molecule has 4 aromatic carbocycles. The van der Waals surface area contributed by atoms with Gasteiger partial charge in [0.15, 0.2) is 17.8 Å². The number of aldehydes is 1. The van der Waals surface area contributed by atoms with E-state index >= 15 is 0 Å². The van der Waals surface area contributed by atoms with E-state index in [0.29, 0.717) is 103 Å². The number of likely N-dealkylation sites (tertiary alicyclic amines) is 1. The van der Waals surface area contributed by atoms with Crippen molar-refractivity contribution >= 4 is 63.0 Å². The molecule has 0 aliphatic carbocycles. The summed E-state index contributed by atoms with van der Waals surface area (Å²) >= 11 is 0. The lowest BCUT2D eigenvalue weighted by molar-refractivity contribution is -0.108. The topological polar surface area (TPSA) is 232 Å². The number of amides is 1. The van der Waals surface area contributed by atoms with E-state index < -0.39 is 35.4 Å². The van der Waals surface area contributed by atoms with Crippen molar-refractivity contribution in [3.63, 3.8) is 0 Å². The molecule has 2 saturated heterocycles. The molecule has 21 nitrogen and oxygen atoms in total. The summed E-state index contributed by atoms with van der Waals surface area (Å²) in [5, 5.41) is 1.95. The van der Waals surface area contributed by atoms with Gasteiger partial charge in [0.05, 0.1) is 80.9 Å². The molecule has 3 aromatic heterocycles. The van der Waals surface area contributed by atoms with E-state index in [0.717, 1.165) is 31.5 Å². The molecule has 3 aliphatic rings. The number of nitrogens with zero attached hydrogens (tertiary/aromatic N) is 5. The monoisotopic (exact) mass is 1110 g/mol. The van der Waals surface area contributed by atoms with E-state index in [9.17, 15) is 38.4 Å². The lowest BCUT2D eigenvalue weighted by Crippen LogP contribution is -2.49. The number of carbonyl (C=O) groups excluding carboxylic acids is 5. The summed E-state index contributed by atoms with van der Waals surface area (Å²) in [5.41, 5.74) is 2.07. The van der Waals surface area contributed by atoms with E-state index in [4.69, 9.17) is 33.2 Å². The molecule has 426 valence electrons. The third-order valence-electron chi connectivity index (χ3n) is 13.8. The van der Waals surface area contributed by atoms with Gasteiger partial charge in [0.1, 0.15) is 25.1 Å². The second-order valence-electron chi connectivity index (χ2n) is 20.1. The van der Waals surface area contributed by atoms with Gasteiger partial charge in [0.2, 0.25) is 0 Å². The van der Waals surface area contributed by atoms with Crippen LogP contribution in [-0.4, -0.2) is 139 Å². The predicted octanol–water partition coefficient (Wildman–Crippen LogP) is 6.61. The van der Waals surface area contributed by atoms with Gasteiger partial charge < -0.3 is 66.2 Å². The molecule has 1 amide bonds. The van der Waals surface area contributed by atoms with Crippen LogP contribution in [0, 0.1) is 0 Å². The van der Waals surface area contributed by atoms with E-state index in [2.05, 4.69) is 9.64 Å². The highest BCUT2D eigenvalue weighted by molar-refractivity contribution is 6.05. The molecule has 7 aromatic rings. The summed E-state index contributed by atoms with van der Waals surface area (Å²) in [6, 6.07) is 31.1. The number of hydrogen-bond acceptors (Lipinski definition) is 17. The van der Waals surface area contributed by atoms with Gasteiger partial charge in [0, 0.05) is 73.1 Å². The van der Waals surface area contributed by atoms with Crippen molar-refractivity contribution < 1.29 is 61.9 Å². The number of rotatable bonds is 13. The first kappa shape index (κ1) is 58.5. The van der Waals surface area contributed by atoms with Crippen LogP contribution in [0.1, 0.15) is 70.3 Å². The SMILES string of the molecule is COC(=O)c1cc(=O)n(CC2OCCO2)c2ccccc12.COC(=O)c1cc(=O)n(CC=O)c2ccccc12.COC(=O)c1cc(=O)n(CCN2CCC(N(Cc3ccc4c(c3)OCCO4)C(=O)OC(C)(C)C)CC2)c2ccccc12. The highest BCUT2D eigenvalue weighted by atomic mass is 16.7. The highest BCUT2D eigenvalue weighted by Crippen LogP contribution is 2.32. The van der Waals surface area contributed by atoms with Crippen LogP contribution in [0.4, 0.5) is 4.79 Å². The summed E-state index contributed by atoms with van der Waals surface area (Å²) in [7, 11) is 3.86. The Hall–Kier alpha value is -8.66. The number of hydrogen-bond donors (Lipinski definition) is 0. The number of para-hydroxylation sites is 3. The lowest BCUT2D eigenvalue weighted by Gasteiger charge is -2.39. The Morgan fingerprint density at radius 3 is 1.57 bits per heavy atom. The van der Waals surface area contributed by atoms with E-state index in [1.54, 1.807) is 45.5 Å². The molecular weight excluding hydrogens is 1050 g/mol. The molecular formula is C60H65N5O16. The minimum atomic E-state index is -0.609. The summed E-state index contributed by atoms with van der Waals surface area (Å²) in [6.45, 7) is 11.1. The second kappa shape index (κ2) is 26.5. The molecule has 0 radical (unpaired) electrons. The molecule has 3 aliphatic heterocycles. The molecule has 0 unspecified atom stereocenters. The van der Waals surface area contributed by atoms with Crippen molar-refractivity contribution in [1.29, 1.82) is 0 Å². The van der Waals surface area contributed by atoms with Crippen LogP contribution in [0.3, 0.4) is 0 Å². The maximum atomic E-state index is 13.4. The van der Waals surface area contributed by atoms with Crippen molar-refractivity contribution in [3.05, 3.63) is 163 Å². The minimum Gasteiger partial charge on any atom is -0.486 e. The normalized spacial score (nSPS) is 14.5. The van der Waals surface area contributed by atoms with Crippen LogP contribution in [0.15, 0.2) is 124 Å². The number of aromatic nitrogens is 3. The fourth-order valence-corrected chi connectivity index (χ4v) is 9.93. The zero-order chi connectivity index (χ0) is 57.8. The van der Waals surface area contributed by atoms with Gasteiger partial charge >= 0.3 is 24.0 Å². The molecule has 0 atom stereocenters. The van der Waals surface area contributed by atoms with Gasteiger partial charge in [-0.15, -0.1) is 0 Å². The van der Waals surface area contributed by atoms with Crippen molar-refractivity contribution in [2.75, 3.05) is 67.4 Å². The Labute approximate surface area is 466 Å². The number of piperidine rings is 1. The Kier molecular flexibility index (Phi) is 19.2. The van der Waals surface area contributed by atoms with Crippen LogP contribution in [-0.2, 0) is 59.4 Å².